The largest absolute Gasteiger partial charge is 0.494 e. The third-order valence-corrected chi connectivity index (χ3v) is 5.52. The van der Waals surface area contributed by atoms with Gasteiger partial charge in [0.2, 0.25) is 6.23 Å². The summed E-state index contributed by atoms with van der Waals surface area (Å²) in [6, 6.07) is 10.7. The van der Waals surface area contributed by atoms with Crippen molar-refractivity contribution in [1.82, 2.24) is 10.3 Å². The van der Waals surface area contributed by atoms with E-state index in [1.54, 1.807) is 45.0 Å². The van der Waals surface area contributed by atoms with Crippen LogP contribution in [0.1, 0.15) is 5.69 Å². The average Bonchev–Trinajstić information content (AvgIpc) is 2.89. The predicted octanol–water partition coefficient (Wildman–Crippen LogP) is 3.07. The lowest BCUT2D eigenvalue weighted by Crippen LogP contribution is -2.38. The summed E-state index contributed by atoms with van der Waals surface area (Å²) in [5, 5.41) is 5.82. The van der Waals surface area contributed by atoms with Gasteiger partial charge in [-0.15, -0.1) is 0 Å². The standard InChI is InChI=1S/C25H28N4O6/c1-31-21-12-17(7-8-19(21)29-25(30)34-11-9-16-6-4-5-10-26-16)35-24-18-13-22(32-2)23(33-3)14-20(18)27-15-28-24/h4-8,10,12-15,22-24H,9,11H2,1-3H3,(H,27,28)(H,29,30). The van der Waals surface area contributed by atoms with E-state index in [2.05, 4.69) is 20.6 Å². The summed E-state index contributed by atoms with van der Waals surface area (Å²) in [5.41, 5.74) is 2.99. The van der Waals surface area contributed by atoms with Crippen molar-refractivity contribution in [3.05, 3.63) is 71.7 Å². The number of aliphatic imine (C=N–C) groups is 1. The number of amides is 1. The molecule has 1 aliphatic heterocycles. The van der Waals surface area contributed by atoms with Crippen LogP contribution in [0, 0.1) is 0 Å². The highest BCUT2D eigenvalue weighted by atomic mass is 16.5. The van der Waals surface area contributed by atoms with Gasteiger partial charge < -0.3 is 29.0 Å². The summed E-state index contributed by atoms with van der Waals surface area (Å²) in [6.45, 7) is 0.206. The predicted molar refractivity (Wildman–Crippen MR) is 130 cm³/mol. The second-order valence-electron chi connectivity index (χ2n) is 7.69. The topological polar surface area (TPSA) is 113 Å². The van der Waals surface area contributed by atoms with Gasteiger partial charge in [-0.25, -0.2) is 9.79 Å². The molecule has 0 bridgehead atoms. The number of rotatable bonds is 9. The van der Waals surface area contributed by atoms with Crippen LogP contribution in [-0.4, -0.2) is 63.8 Å². The fourth-order valence-corrected chi connectivity index (χ4v) is 3.73. The van der Waals surface area contributed by atoms with Crippen molar-refractivity contribution >= 4 is 18.1 Å². The summed E-state index contributed by atoms with van der Waals surface area (Å²) >= 11 is 0. The van der Waals surface area contributed by atoms with Gasteiger partial charge in [-0.05, 0) is 36.4 Å². The fourth-order valence-electron chi connectivity index (χ4n) is 3.73. The van der Waals surface area contributed by atoms with Crippen molar-refractivity contribution in [2.24, 2.45) is 4.99 Å². The molecule has 1 aromatic heterocycles. The quantitative estimate of drug-likeness (QED) is 0.563. The number of hydrogen-bond acceptors (Lipinski definition) is 9. The number of carbonyl (C=O) groups is 1. The molecule has 2 aliphatic rings. The normalized spacial score (nSPS) is 20.6. The molecule has 184 valence electrons. The van der Waals surface area contributed by atoms with Gasteiger partial charge in [0, 0.05) is 49.9 Å². The lowest BCUT2D eigenvalue weighted by molar-refractivity contribution is 0.0117. The SMILES string of the molecule is COc1cc(OC2N=CNC3=CC(OC)C(OC)C=C32)ccc1NC(=O)OCCc1ccccn1. The van der Waals surface area contributed by atoms with Gasteiger partial charge in [0.05, 0.1) is 25.7 Å². The van der Waals surface area contributed by atoms with E-state index in [1.165, 1.54) is 7.11 Å². The molecule has 4 rings (SSSR count). The Morgan fingerprint density at radius 2 is 1.91 bits per heavy atom. The van der Waals surface area contributed by atoms with E-state index in [1.807, 2.05) is 30.4 Å². The van der Waals surface area contributed by atoms with Crippen molar-refractivity contribution < 1.29 is 28.5 Å². The first-order valence-corrected chi connectivity index (χ1v) is 11.1. The number of nitrogens with one attached hydrogen (secondary N) is 2. The number of hydrogen-bond donors (Lipinski definition) is 2. The molecule has 0 fully saturated rings. The highest BCUT2D eigenvalue weighted by Gasteiger charge is 2.31. The van der Waals surface area contributed by atoms with Crippen LogP contribution in [0.3, 0.4) is 0 Å². The molecular weight excluding hydrogens is 452 g/mol. The maximum atomic E-state index is 12.2. The number of anilines is 1. The fraction of sp³-hybridized carbons (Fsp3) is 0.320. The van der Waals surface area contributed by atoms with Gasteiger partial charge in [-0.1, -0.05) is 6.07 Å². The van der Waals surface area contributed by atoms with E-state index >= 15 is 0 Å². The van der Waals surface area contributed by atoms with Crippen molar-refractivity contribution in [3.8, 4) is 11.5 Å². The Bertz CT molecular complexity index is 1120. The minimum absolute atomic E-state index is 0.206. The molecule has 0 saturated carbocycles. The van der Waals surface area contributed by atoms with Crippen molar-refractivity contribution in [1.29, 1.82) is 0 Å². The van der Waals surface area contributed by atoms with Crippen molar-refractivity contribution in [2.45, 2.75) is 24.9 Å². The third kappa shape index (κ3) is 5.97. The number of benzene rings is 1. The van der Waals surface area contributed by atoms with Crippen LogP contribution in [-0.2, 0) is 20.6 Å². The Morgan fingerprint density at radius 3 is 2.66 bits per heavy atom. The van der Waals surface area contributed by atoms with Gasteiger partial charge >= 0.3 is 6.09 Å². The first-order chi connectivity index (χ1) is 17.1. The molecule has 2 N–H and O–H groups in total. The van der Waals surface area contributed by atoms with Gasteiger partial charge in [-0.3, -0.25) is 10.3 Å². The molecule has 35 heavy (non-hydrogen) atoms. The number of carbonyl (C=O) groups excluding carboxylic acids is 1. The van der Waals surface area contributed by atoms with Crippen molar-refractivity contribution in [3.63, 3.8) is 0 Å². The van der Waals surface area contributed by atoms with Crippen LogP contribution in [0.5, 0.6) is 11.5 Å². The number of aromatic nitrogens is 1. The number of methoxy groups -OCH3 is 3. The van der Waals surface area contributed by atoms with Crippen LogP contribution in [0.25, 0.3) is 0 Å². The minimum atomic E-state index is -0.587. The molecule has 3 unspecified atom stereocenters. The van der Waals surface area contributed by atoms with E-state index in [0.717, 1.165) is 17.0 Å². The zero-order chi connectivity index (χ0) is 24.6. The van der Waals surface area contributed by atoms with Crippen LogP contribution < -0.4 is 20.1 Å². The van der Waals surface area contributed by atoms with E-state index in [9.17, 15) is 4.79 Å². The maximum Gasteiger partial charge on any atom is 0.411 e. The molecule has 1 aliphatic carbocycles. The summed E-state index contributed by atoms with van der Waals surface area (Å²) in [5.74, 6) is 0.938. The molecule has 3 atom stereocenters. The Morgan fingerprint density at radius 1 is 1.09 bits per heavy atom. The molecular formula is C25H28N4O6. The van der Waals surface area contributed by atoms with Crippen LogP contribution in [0.2, 0.25) is 0 Å². The summed E-state index contributed by atoms with van der Waals surface area (Å²) < 4.78 is 27.8. The lowest BCUT2D eigenvalue weighted by atomic mass is 9.97. The third-order valence-electron chi connectivity index (χ3n) is 5.52. The summed E-state index contributed by atoms with van der Waals surface area (Å²) in [4.78, 5) is 20.9. The van der Waals surface area contributed by atoms with Crippen LogP contribution >= 0.6 is 0 Å². The van der Waals surface area contributed by atoms with E-state index in [4.69, 9.17) is 23.7 Å². The van der Waals surface area contributed by atoms with E-state index < -0.39 is 12.3 Å². The first-order valence-electron chi connectivity index (χ1n) is 11.1. The number of nitrogens with zero attached hydrogens (tertiary/aromatic N) is 2. The molecule has 1 aromatic carbocycles. The molecule has 0 spiro atoms. The summed E-state index contributed by atoms with van der Waals surface area (Å²) in [6.07, 6.45) is 6.04. The Kier molecular flexibility index (Phi) is 7.96. The number of pyridine rings is 1. The Hall–Kier alpha value is -3.89. The Labute approximate surface area is 203 Å². The van der Waals surface area contributed by atoms with E-state index in [-0.39, 0.29) is 18.8 Å². The second kappa shape index (κ2) is 11.5. The molecule has 10 heteroatoms. The van der Waals surface area contributed by atoms with Gasteiger partial charge in [0.25, 0.3) is 0 Å². The molecule has 2 aromatic rings. The summed E-state index contributed by atoms with van der Waals surface area (Å²) in [7, 11) is 4.77. The zero-order valence-electron chi connectivity index (χ0n) is 19.8. The van der Waals surface area contributed by atoms with E-state index in [0.29, 0.717) is 23.6 Å². The highest BCUT2D eigenvalue weighted by molar-refractivity contribution is 5.87. The molecule has 0 radical (unpaired) electrons. The number of ether oxygens (including phenoxy) is 5. The van der Waals surface area contributed by atoms with Gasteiger partial charge in [0.15, 0.2) is 0 Å². The highest BCUT2D eigenvalue weighted by Crippen LogP contribution is 2.33. The van der Waals surface area contributed by atoms with Crippen LogP contribution in [0.15, 0.2) is 71.0 Å². The van der Waals surface area contributed by atoms with Gasteiger partial charge in [0.1, 0.15) is 23.7 Å². The number of fused-ring (bicyclic) bond motifs is 1. The molecule has 1 amide bonds. The Balaban J connectivity index is 1.39. The maximum absolute atomic E-state index is 12.2. The molecule has 0 saturated heterocycles. The van der Waals surface area contributed by atoms with Gasteiger partial charge in [-0.2, -0.15) is 0 Å². The minimum Gasteiger partial charge on any atom is -0.494 e. The van der Waals surface area contributed by atoms with Crippen molar-refractivity contribution in [2.75, 3.05) is 33.3 Å². The lowest BCUT2D eigenvalue weighted by Gasteiger charge is -2.32. The first kappa shape index (κ1) is 24.2. The zero-order valence-corrected chi connectivity index (χ0v) is 19.8. The smallest absolute Gasteiger partial charge is 0.411 e. The monoisotopic (exact) mass is 480 g/mol. The average molecular weight is 481 g/mol. The molecule has 2 heterocycles. The second-order valence-corrected chi connectivity index (χ2v) is 7.69. The van der Waals surface area contributed by atoms with Crippen LogP contribution in [0.4, 0.5) is 10.5 Å². The molecule has 10 nitrogen and oxygen atoms in total.